The average molecular weight is 216 g/mol. The molecule has 0 aromatic rings. The van der Waals surface area contributed by atoms with Gasteiger partial charge in [-0.15, -0.1) is 0 Å². The van der Waals surface area contributed by atoms with E-state index in [1.54, 1.807) is 0 Å². The summed E-state index contributed by atoms with van der Waals surface area (Å²) in [6, 6.07) is 0.0283. The molecular weight excluding hydrogens is 200 g/mol. The van der Waals surface area contributed by atoms with Gasteiger partial charge in [0, 0.05) is 12.6 Å². The maximum atomic E-state index is 11.8. The lowest BCUT2D eigenvalue weighted by molar-refractivity contribution is 0.555. The molecule has 0 amide bonds. The third-order valence-corrected chi connectivity index (χ3v) is 4.69. The van der Waals surface area contributed by atoms with E-state index >= 15 is 0 Å². The van der Waals surface area contributed by atoms with E-state index in [-0.39, 0.29) is 11.3 Å². The first-order valence-corrected chi connectivity index (χ1v) is 6.61. The maximum absolute atomic E-state index is 11.8. The van der Waals surface area contributed by atoms with Crippen LogP contribution < -0.4 is 10.0 Å². The zero-order valence-electron chi connectivity index (χ0n) is 8.07. The van der Waals surface area contributed by atoms with E-state index in [9.17, 15) is 8.42 Å². The Kier molecular flexibility index (Phi) is 2.90. The van der Waals surface area contributed by atoms with E-state index in [1.807, 2.05) is 12.2 Å². The second kappa shape index (κ2) is 4.00. The summed E-state index contributed by atoms with van der Waals surface area (Å²) >= 11 is 0. The van der Waals surface area contributed by atoms with Crippen molar-refractivity contribution in [1.82, 2.24) is 10.0 Å². The molecule has 1 saturated heterocycles. The standard InChI is InChI=1S/C9H16N2O2S/c12-14(13,9-5-6-10-7-9)11-8-3-1-2-4-8/h1,3,8-11H,2,4-7H2. The van der Waals surface area contributed by atoms with Crippen LogP contribution in [0.5, 0.6) is 0 Å². The van der Waals surface area contributed by atoms with Gasteiger partial charge in [0.15, 0.2) is 0 Å². The van der Waals surface area contributed by atoms with Gasteiger partial charge in [0.1, 0.15) is 0 Å². The molecule has 0 aromatic carbocycles. The highest BCUT2D eigenvalue weighted by atomic mass is 32.2. The highest BCUT2D eigenvalue weighted by Gasteiger charge is 2.30. The van der Waals surface area contributed by atoms with Crippen molar-refractivity contribution < 1.29 is 8.42 Å². The van der Waals surface area contributed by atoms with Gasteiger partial charge in [-0.25, -0.2) is 13.1 Å². The second-order valence-electron chi connectivity index (χ2n) is 3.89. The summed E-state index contributed by atoms with van der Waals surface area (Å²) in [5.41, 5.74) is 0. The van der Waals surface area contributed by atoms with Crippen LogP contribution in [0.4, 0.5) is 0 Å². The Balaban J connectivity index is 1.97. The third kappa shape index (κ3) is 2.16. The Hall–Kier alpha value is -0.390. The molecule has 5 heteroatoms. The SMILES string of the molecule is O=S(=O)(NC1C=CCC1)C1CCNC1. The molecule has 2 N–H and O–H groups in total. The molecule has 1 fully saturated rings. The molecule has 1 aliphatic heterocycles. The zero-order valence-corrected chi connectivity index (χ0v) is 8.89. The van der Waals surface area contributed by atoms with Crippen LogP contribution in [0.3, 0.4) is 0 Å². The van der Waals surface area contributed by atoms with Gasteiger partial charge < -0.3 is 5.32 Å². The molecule has 1 aliphatic carbocycles. The molecule has 2 atom stereocenters. The monoisotopic (exact) mass is 216 g/mol. The first-order valence-electron chi connectivity index (χ1n) is 5.07. The first kappa shape index (κ1) is 10.1. The van der Waals surface area contributed by atoms with Crippen LogP contribution in [0.25, 0.3) is 0 Å². The maximum Gasteiger partial charge on any atom is 0.216 e. The van der Waals surface area contributed by atoms with Crippen molar-refractivity contribution in [2.24, 2.45) is 0 Å². The van der Waals surface area contributed by atoms with Crippen LogP contribution in [0.1, 0.15) is 19.3 Å². The first-order chi connectivity index (χ1) is 6.68. The lowest BCUT2D eigenvalue weighted by atomic mass is 10.3. The minimum absolute atomic E-state index is 0.0283. The Morgan fingerprint density at radius 3 is 2.79 bits per heavy atom. The quantitative estimate of drug-likeness (QED) is 0.652. The third-order valence-electron chi connectivity index (χ3n) is 2.78. The number of rotatable bonds is 3. The summed E-state index contributed by atoms with van der Waals surface area (Å²) in [5.74, 6) is 0. The average Bonchev–Trinajstić information content (AvgIpc) is 2.71. The number of allylic oxidation sites excluding steroid dienone is 1. The number of hydrogen-bond acceptors (Lipinski definition) is 3. The van der Waals surface area contributed by atoms with Crippen molar-refractivity contribution in [3.05, 3.63) is 12.2 Å². The molecule has 14 heavy (non-hydrogen) atoms. The van der Waals surface area contributed by atoms with E-state index in [1.165, 1.54) is 0 Å². The number of sulfonamides is 1. The predicted octanol–water partition coefficient (Wildman–Crippen LogP) is -0.0137. The van der Waals surface area contributed by atoms with E-state index in [2.05, 4.69) is 10.0 Å². The second-order valence-corrected chi connectivity index (χ2v) is 5.88. The fraction of sp³-hybridized carbons (Fsp3) is 0.778. The van der Waals surface area contributed by atoms with Crippen LogP contribution in [0.15, 0.2) is 12.2 Å². The fourth-order valence-electron chi connectivity index (χ4n) is 1.93. The summed E-state index contributed by atoms with van der Waals surface area (Å²) in [6.45, 7) is 1.40. The van der Waals surface area contributed by atoms with Gasteiger partial charge in [-0.1, -0.05) is 12.2 Å². The van der Waals surface area contributed by atoms with Crippen molar-refractivity contribution >= 4 is 10.0 Å². The summed E-state index contributed by atoms with van der Waals surface area (Å²) in [4.78, 5) is 0. The van der Waals surface area contributed by atoms with E-state index in [0.29, 0.717) is 6.54 Å². The van der Waals surface area contributed by atoms with E-state index in [4.69, 9.17) is 0 Å². The van der Waals surface area contributed by atoms with Crippen molar-refractivity contribution in [3.8, 4) is 0 Å². The number of nitrogens with one attached hydrogen (secondary N) is 2. The van der Waals surface area contributed by atoms with E-state index in [0.717, 1.165) is 25.8 Å². The van der Waals surface area contributed by atoms with Gasteiger partial charge in [0.2, 0.25) is 10.0 Å². The molecule has 0 spiro atoms. The van der Waals surface area contributed by atoms with Crippen LogP contribution >= 0.6 is 0 Å². The molecule has 0 bridgehead atoms. The minimum atomic E-state index is -3.11. The van der Waals surface area contributed by atoms with Crippen molar-refractivity contribution in [2.45, 2.75) is 30.6 Å². The van der Waals surface area contributed by atoms with Crippen LogP contribution in [0, 0.1) is 0 Å². The van der Waals surface area contributed by atoms with Crippen molar-refractivity contribution in [3.63, 3.8) is 0 Å². The van der Waals surface area contributed by atoms with Gasteiger partial charge in [0.25, 0.3) is 0 Å². The van der Waals surface area contributed by atoms with Gasteiger partial charge in [-0.3, -0.25) is 0 Å². The number of hydrogen-bond donors (Lipinski definition) is 2. The van der Waals surface area contributed by atoms with Gasteiger partial charge >= 0.3 is 0 Å². The zero-order chi connectivity index (χ0) is 10.0. The molecule has 4 nitrogen and oxygen atoms in total. The van der Waals surface area contributed by atoms with Crippen LogP contribution in [-0.4, -0.2) is 32.8 Å². The summed E-state index contributed by atoms with van der Waals surface area (Å²) in [7, 11) is -3.11. The largest absolute Gasteiger partial charge is 0.315 e. The molecular formula is C9H16N2O2S. The Labute approximate surface area is 84.8 Å². The molecule has 2 aliphatic rings. The summed E-state index contributed by atoms with van der Waals surface area (Å²) in [6.07, 6.45) is 6.58. The van der Waals surface area contributed by atoms with Gasteiger partial charge in [0.05, 0.1) is 5.25 Å². The normalized spacial score (nSPS) is 32.6. The minimum Gasteiger partial charge on any atom is -0.315 e. The molecule has 0 saturated carbocycles. The topological polar surface area (TPSA) is 58.2 Å². The summed E-state index contributed by atoms with van der Waals surface area (Å²) in [5, 5.41) is 2.83. The van der Waals surface area contributed by atoms with Gasteiger partial charge in [-0.2, -0.15) is 0 Å². The van der Waals surface area contributed by atoms with Crippen LogP contribution in [0.2, 0.25) is 0 Å². The summed E-state index contributed by atoms with van der Waals surface area (Å²) < 4.78 is 26.4. The van der Waals surface area contributed by atoms with Gasteiger partial charge in [-0.05, 0) is 25.8 Å². The molecule has 80 valence electrons. The molecule has 2 unspecified atom stereocenters. The molecule has 1 heterocycles. The Morgan fingerprint density at radius 2 is 2.21 bits per heavy atom. The van der Waals surface area contributed by atoms with Crippen LogP contribution in [-0.2, 0) is 10.0 Å². The molecule has 0 aromatic heterocycles. The predicted molar refractivity (Wildman–Crippen MR) is 55.5 cm³/mol. The molecule has 0 radical (unpaired) electrons. The van der Waals surface area contributed by atoms with Crippen molar-refractivity contribution in [1.29, 1.82) is 0 Å². The lowest BCUT2D eigenvalue weighted by Crippen LogP contribution is -2.40. The Morgan fingerprint density at radius 1 is 1.36 bits per heavy atom. The molecule has 2 rings (SSSR count). The Bertz CT molecular complexity index is 318. The fourth-order valence-corrected chi connectivity index (χ4v) is 3.51. The van der Waals surface area contributed by atoms with E-state index < -0.39 is 10.0 Å². The highest BCUT2D eigenvalue weighted by Crippen LogP contribution is 2.14. The smallest absolute Gasteiger partial charge is 0.216 e. The highest BCUT2D eigenvalue weighted by molar-refractivity contribution is 7.90. The van der Waals surface area contributed by atoms with Crippen molar-refractivity contribution in [2.75, 3.05) is 13.1 Å². The lowest BCUT2D eigenvalue weighted by Gasteiger charge is -2.15.